The lowest BCUT2D eigenvalue weighted by molar-refractivity contribution is -0.127. The molecule has 10 heteroatoms. The monoisotopic (exact) mass is 470 g/mol. The number of piperazine rings is 1. The molecule has 4 rings (SSSR count). The van der Waals surface area contributed by atoms with E-state index in [0.717, 1.165) is 30.4 Å². The molecule has 0 radical (unpaired) electrons. The summed E-state index contributed by atoms with van der Waals surface area (Å²) in [6.45, 7) is 11.6. The lowest BCUT2D eigenvalue weighted by Gasteiger charge is -2.36. The van der Waals surface area contributed by atoms with Gasteiger partial charge in [-0.3, -0.25) is 23.9 Å². The predicted molar refractivity (Wildman–Crippen MR) is 129 cm³/mol. The molecule has 0 unspecified atom stereocenters. The Bertz CT molecular complexity index is 1170. The number of fused-ring (bicyclic) bond motifs is 1. The molecule has 0 spiro atoms. The minimum atomic E-state index is -0.679. The highest BCUT2D eigenvalue weighted by Gasteiger charge is 2.30. The molecular weight excluding hydrogens is 436 g/mol. The molecule has 1 saturated heterocycles. The van der Waals surface area contributed by atoms with E-state index in [2.05, 4.69) is 29.2 Å². The Morgan fingerprint density at radius 3 is 2.44 bits per heavy atom. The van der Waals surface area contributed by atoms with Crippen molar-refractivity contribution in [2.45, 2.75) is 59.2 Å². The van der Waals surface area contributed by atoms with Crippen molar-refractivity contribution in [1.82, 2.24) is 29.3 Å². The first-order chi connectivity index (χ1) is 16.2. The summed E-state index contributed by atoms with van der Waals surface area (Å²) in [5, 5.41) is 17.9. The second kappa shape index (κ2) is 9.61. The number of carbonyl (C=O) groups excluding carboxylic acids is 2. The Labute approximate surface area is 198 Å². The molecule has 0 aromatic carbocycles. The van der Waals surface area contributed by atoms with Gasteiger partial charge in [-0.15, -0.1) is 0 Å². The summed E-state index contributed by atoms with van der Waals surface area (Å²) in [7, 11) is 0. The number of amides is 2. The van der Waals surface area contributed by atoms with Crippen LogP contribution in [0.2, 0.25) is 0 Å². The third kappa shape index (κ3) is 4.86. The number of nitrogens with zero attached hydrogens (tertiary/aromatic N) is 5. The van der Waals surface area contributed by atoms with Crippen LogP contribution in [0.25, 0.3) is 11.7 Å². The van der Waals surface area contributed by atoms with Crippen molar-refractivity contribution < 1.29 is 14.7 Å². The fourth-order valence-electron chi connectivity index (χ4n) is 4.27. The second-order valence-electron chi connectivity index (χ2n) is 9.88. The second-order valence-corrected chi connectivity index (χ2v) is 9.88. The van der Waals surface area contributed by atoms with Crippen LogP contribution in [0.3, 0.4) is 0 Å². The molecule has 1 aliphatic carbocycles. The molecule has 1 saturated carbocycles. The normalized spacial score (nSPS) is 17.4. The van der Waals surface area contributed by atoms with Crippen LogP contribution in [0.4, 0.5) is 0 Å². The summed E-state index contributed by atoms with van der Waals surface area (Å²) in [4.78, 5) is 42.7. The average molecular weight is 471 g/mol. The first kappa shape index (κ1) is 24.0. The fraction of sp³-hybridized carbons (Fsp3) is 0.583. The van der Waals surface area contributed by atoms with Gasteiger partial charge in [0.15, 0.2) is 5.56 Å². The Kier molecular flexibility index (Phi) is 6.79. The number of hydrogen-bond acceptors (Lipinski definition) is 6. The van der Waals surface area contributed by atoms with Gasteiger partial charge in [0, 0.05) is 56.4 Å². The minimum Gasteiger partial charge on any atom is -0.494 e. The zero-order valence-corrected chi connectivity index (χ0v) is 20.3. The molecule has 10 nitrogen and oxygen atoms in total. The van der Waals surface area contributed by atoms with Crippen LogP contribution in [-0.2, 0) is 11.3 Å². The van der Waals surface area contributed by atoms with Gasteiger partial charge in [-0.1, -0.05) is 13.8 Å². The molecule has 2 N–H and O–H groups in total. The maximum absolute atomic E-state index is 13.1. The molecule has 34 heavy (non-hydrogen) atoms. The predicted octanol–water partition coefficient (Wildman–Crippen LogP) is 1.32. The standard InChI is InChI=1S/C24H34N6O4/c1-15(2)14-29-22-17(5-8-19(31)28-11-9-27(10-12-28)16(3)4)13-25-30(22)24(34)20(23(29)33)21(32)26-18-6-7-18/h5,8,13,15-16,18,33H,6-7,9-12,14H2,1-4H3,(H,26,32)/b8-5+. The Balaban J connectivity index is 1.65. The summed E-state index contributed by atoms with van der Waals surface area (Å²) in [5.74, 6) is -0.948. The fourth-order valence-corrected chi connectivity index (χ4v) is 4.27. The first-order valence-corrected chi connectivity index (χ1v) is 12.0. The maximum Gasteiger partial charge on any atom is 0.291 e. The lowest BCUT2D eigenvalue weighted by Crippen LogP contribution is -2.50. The zero-order valence-electron chi connectivity index (χ0n) is 20.3. The number of nitrogens with one attached hydrogen (secondary N) is 1. The maximum atomic E-state index is 13.1. The number of aromatic hydroxyl groups is 1. The van der Waals surface area contributed by atoms with Gasteiger partial charge in [0.1, 0.15) is 5.65 Å². The largest absolute Gasteiger partial charge is 0.494 e. The molecule has 2 amide bonds. The van der Waals surface area contributed by atoms with Gasteiger partial charge >= 0.3 is 0 Å². The van der Waals surface area contributed by atoms with Gasteiger partial charge < -0.3 is 15.3 Å². The highest BCUT2D eigenvalue weighted by Crippen LogP contribution is 2.24. The van der Waals surface area contributed by atoms with Crippen LogP contribution in [0.1, 0.15) is 56.5 Å². The molecule has 2 aromatic rings. The van der Waals surface area contributed by atoms with Crippen molar-refractivity contribution in [1.29, 1.82) is 0 Å². The number of aromatic nitrogens is 3. The van der Waals surface area contributed by atoms with Gasteiger partial charge in [0.25, 0.3) is 11.5 Å². The van der Waals surface area contributed by atoms with Gasteiger partial charge in [-0.05, 0) is 38.7 Å². The molecule has 2 aromatic heterocycles. The summed E-state index contributed by atoms with van der Waals surface area (Å²) in [6.07, 6.45) is 6.32. The van der Waals surface area contributed by atoms with Crippen LogP contribution >= 0.6 is 0 Å². The SMILES string of the molecule is CC(C)Cn1c(O)c(C(=O)NC2CC2)c(=O)n2ncc(/C=C/C(=O)N3CCN(C(C)C)CC3)c12. The van der Waals surface area contributed by atoms with E-state index >= 15 is 0 Å². The summed E-state index contributed by atoms with van der Waals surface area (Å²) in [6, 6.07) is 0.498. The Hall–Kier alpha value is -3.14. The topological polar surface area (TPSA) is 112 Å². The van der Waals surface area contributed by atoms with E-state index < -0.39 is 11.5 Å². The van der Waals surface area contributed by atoms with E-state index in [1.165, 1.54) is 16.8 Å². The summed E-state index contributed by atoms with van der Waals surface area (Å²) < 4.78 is 2.67. The molecule has 0 bridgehead atoms. The molecular formula is C24H34N6O4. The van der Waals surface area contributed by atoms with Crippen LogP contribution in [0.5, 0.6) is 5.88 Å². The van der Waals surface area contributed by atoms with Crippen LogP contribution < -0.4 is 10.9 Å². The van der Waals surface area contributed by atoms with Gasteiger partial charge in [-0.25, -0.2) is 0 Å². The van der Waals surface area contributed by atoms with Crippen LogP contribution in [-0.4, -0.2) is 79.2 Å². The van der Waals surface area contributed by atoms with Crippen LogP contribution in [0, 0.1) is 5.92 Å². The molecule has 1 aliphatic heterocycles. The van der Waals surface area contributed by atoms with E-state index in [-0.39, 0.29) is 29.3 Å². The first-order valence-electron chi connectivity index (χ1n) is 12.0. The summed E-state index contributed by atoms with van der Waals surface area (Å²) in [5.41, 5.74) is -0.108. The number of carbonyl (C=O) groups is 2. The number of rotatable bonds is 7. The minimum absolute atomic E-state index is 0.0464. The molecule has 2 aliphatic rings. The Morgan fingerprint density at radius 2 is 1.85 bits per heavy atom. The quantitative estimate of drug-likeness (QED) is 0.590. The van der Waals surface area contributed by atoms with Gasteiger partial charge in [0.2, 0.25) is 11.8 Å². The van der Waals surface area contributed by atoms with E-state index in [9.17, 15) is 19.5 Å². The zero-order chi connectivity index (χ0) is 24.6. The van der Waals surface area contributed by atoms with Crippen molar-refractivity contribution in [3.63, 3.8) is 0 Å². The molecule has 0 atom stereocenters. The van der Waals surface area contributed by atoms with Gasteiger partial charge in [0.05, 0.1) is 6.20 Å². The van der Waals surface area contributed by atoms with Crippen molar-refractivity contribution in [3.8, 4) is 5.88 Å². The highest BCUT2D eigenvalue weighted by atomic mass is 16.3. The third-order valence-corrected chi connectivity index (χ3v) is 6.36. The highest BCUT2D eigenvalue weighted by molar-refractivity contribution is 5.97. The smallest absolute Gasteiger partial charge is 0.291 e. The van der Waals surface area contributed by atoms with E-state index in [1.54, 1.807) is 11.0 Å². The molecule has 2 fully saturated rings. The van der Waals surface area contributed by atoms with E-state index in [0.29, 0.717) is 36.9 Å². The van der Waals surface area contributed by atoms with Crippen molar-refractivity contribution in [2.24, 2.45) is 5.92 Å². The van der Waals surface area contributed by atoms with Crippen LogP contribution in [0.15, 0.2) is 17.1 Å². The lowest BCUT2D eigenvalue weighted by atomic mass is 10.2. The van der Waals surface area contributed by atoms with Crippen molar-refractivity contribution in [2.75, 3.05) is 26.2 Å². The summed E-state index contributed by atoms with van der Waals surface area (Å²) >= 11 is 0. The van der Waals surface area contributed by atoms with Crippen molar-refractivity contribution in [3.05, 3.63) is 33.8 Å². The number of hydrogen-bond donors (Lipinski definition) is 2. The van der Waals surface area contributed by atoms with Crippen molar-refractivity contribution >= 4 is 23.5 Å². The van der Waals surface area contributed by atoms with E-state index in [1.807, 2.05) is 13.8 Å². The molecule has 184 valence electrons. The van der Waals surface area contributed by atoms with Gasteiger partial charge in [-0.2, -0.15) is 9.61 Å². The average Bonchev–Trinajstić information content (AvgIpc) is 3.50. The molecule has 3 heterocycles. The van der Waals surface area contributed by atoms with E-state index in [4.69, 9.17) is 0 Å². The Morgan fingerprint density at radius 1 is 1.18 bits per heavy atom. The third-order valence-electron chi connectivity index (χ3n) is 6.36.